The van der Waals surface area contributed by atoms with Crippen molar-refractivity contribution in [1.82, 2.24) is 14.2 Å². The van der Waals surface area contributed by atoms with E-state index in [1.807, 2.05) is 0 Å². The number of hydrogen-bond acceptors (Lipinski definition) is 6. The maximum absolute atomic E-state index is 12.4. The molecule has 0 spiro atoms. The lowest BCUT2D eigenvalue weighted by Gasteiger charge is -2.38. The van der Waals surface area contributed by atoms with Crippen LogP contribution in [-0.4, -0.2) is 73.2 Å². The van der Waals surface area contributed by atoms with Crippen LogP contribution in [-0.2, 0) is 14.8 Å². The third-order valence-electron chi connectivity index (χ3n) is 4.19. The van der Waals surface area contributed by atoms with Gasteiger partial charge in [-0.15, -0.1) is 11.3 Å². The number of rotatable bonds is 2. The largest absolute Gasteiger partial charge is 0.375 e. The first-order valence-corrected chi connectivity index (χ1v) is 10.0. The van der Waals surface area contributed by atoms with Gasteiger partial charge >= 0.3 is 0 Å². The molecule has 122 valence electrons. The number of hydrogen-bond donors (Lipinski definition) is 0. The molecule has 2 fully saturated rings. The minimum Gasteiger partial charge on any atom is -0.375 e. The maximum Gasteiger partial charge on any atom is 0.273 e. The molecule has 2 aliphatic rings. The van der Waals surface area contributed by atoms with Crippen LogP contribution in [0.1, 0.15) is 23.3 Å². The summed E-state index contributed by atoms with van der Waals surface area (Å²) in [7, 11) is -3.25. The van der Waals surface area contributed by atoms with E-state index in [0.717, 1.165) is 0 Å². The molecule has 1 aromatic heterocycles. The second-order valence-electron chi connectivity index (χ2n) is 5.59. The van der Waals surface area contributed by atoms with E-state index in [1.165, 1.54) is 21.9 Å². The number of nitrogens with zero attached hydrogens (tertiary/aromatic N) is 3. The number of sulfonamides is 1. The molecule has 0 N–H and O–H groups in total. The van der Waals surface area contributed by atoms with E-state index in [4.69, 9.17) is 4.74 Å². The molecule has 9 heteroatoms. The molecule has 1 amide bonds. The number of carbonyl (C=O) groups is 1. The standard InChI is InChI=1S/C13H19N3O4S2/c1-22(18,19)16-6-7-20-12-3-5-15(4-2-11(12)16)13(17)10-8-21-9-14-10/h8-9,11-12H,2-7H2,1H3/t11-,12+/m0/s1. The summed E-state index contributed by atoms with van der Waals surface area (Å²) in [5.41, 5.74) is 2.09. The molecular formula is C13H19N3O4S2. The molecule has 7 nitrogen and oxygen atoms in total. The minimum atomic E-state index is -3.25. The van der Waals surface area contributed by atoms with E-state index in [0.29, 0.717) is 44.8 Å². The van der Waals surface area contributed by atoms with E-state index >= 15 is 0 Å². The summed E-state index contributed by atoms with van der Waals surface area (Å²) in [5, 5.41) is 1.74. The number of morpholine rings is 1. The second kappa shape index (κ2) is 6.23. The average molecular weight is 345 g/mol. The predicted molar refractivity (Wildman–Crippen MR) is 82.3 cm³/mol. The van der Waals surface area contributed by atoms with Gasteiger partial charge in [0.1, 0.15) is 5.69 Å². The van der Waals surface area contributed by atoms with E-state index < -0.39 is 10.0 Å². The van der Waals surface area contributed by atoms with Crippen molar-refractivity contribution in [2.75, 3.05) is 32.5 Å². The quantitative estimate of drug-likeness (QED) is 0.775. The van der Waals surface area contributed by atoms with Gasteiger partial charge in [0.25, 0.3) is 5.91 Å². The highest BCUT2D eigenvalue weighted by Gasteiger charge is 2.39. The van der Waals surface area contributed by atoms with Crippen LogP contribution in [0.5, 0.6) is 0 Å². The highest BCUT2D eigenvalue weighted by atomic mass is 32.2. The zero-order valence-corrected chi connectivity index (χ0v) is 14.0. The van der Waals surface area contributed by atoms with Crippen LogP contribution in [0.25, 0.3) is 0 Å². The number of likely N-dealkylation sites (tertiary alicyclic amines) is 1. The van der Waals surface area contributed by atoms with Crippen LogP contribution in [0.3, 0.4) is 0 Å². The Labute approximate surface area is 133 Å². The fourth-order valence-electron chi connectivity index (χ4n) is 3.14. The monoisotopic (exact) mass is 345 g/mol. The van der Waals surface area contributed by atoms with Crippen molar-refractivity contribution >= 4 is 27.3 Å². The van der Waals surface area contributed by atoms with Gasteiger partial charge in [-0.2, -0.15) is 4.31 Å². The van der Waals surface area contributed by atoms with Gasteiger partial charge in [0.15, 0.2) is 0 Å². The summed E-state index contributed by atoms with van der Waals surface area (Å²) in [4.78, 5) is 18.2. The molecule has 3 rings (SSSR count). The van der Waals surface area contributed by atoms with E-state index in [1.54, 1.807) is 15.8 Å². The van der Waals surface area contributed by atoms with Crippen molar-refractivity contribution in [3.63, 3.8) is 0 Å². The maximum atomic E-state index is 12.4. The van der Waals surface area contributed by atoms with Gasteiger partial charge in [-0.3, -0.25) is 4.79 Å². The molecule has 2 saturated heterocycles. The summed E-state index contributed by atoms with van der Waals surface area (Å²) >= 11 is 1.39. The van der Waals surface area contributed by atoms with Gasteiger partial charge in [0, 0.05) is 25.0 Å². The lowest BCUT2D eigenvalue weighted by Crippen LogP contribution is -2.53. The van der Waals surface area contributed by atoms with E-state index in [-0.39, 0.29) is 18.1 Å². The number of aromatic nitrogens is 1. The van der Waals surface area contributed by atoms with Crippen LogP contribution in [0.15, 0.2) is 10.9 Å². The van der Waals surface area contributed by atoms with Crippen molar-refractivity contribution < 1.29 is 17.9 Å². The van der Waals surface area contributed by atoms with E-state index in [9.17, 15) is 13.2 Å². The van der Waals surface area contributed by atoms with Crippen molar-refractivity contribution in [3.05, 3.63) is 16.6 Å². The zero-order valence-electron chi connectivity index (χ0n) is 12.3. The smallest absolute Gasteiger partial charge is 0.273 e. The normalized spacial score (nSPS) is 27.2. The van der Waals surface area contributed by atoms with Crippen molar-refractivity contribution in [1.29, 1.82) is 0 Å². The molecule has 3 heterocycles. The predicted octanol–water partition coefficient (Wildman–Crippen LogP) is 0.408. The van der Waals surface area contributed by atoms with E-state index in [2.05, 4.69) is 4.98 Å². The first-order valence-electron chi connectivity index (χ1n) is 7.22. The summed E-state index contributed by atoms with van der Waals surface area (Å²) in [6.45, 7) is 1.89. The zero-order chi connectivity index (χ0) is 15.7. The molecule has 0 bridgehead atoms. The first kappa shape index (κ1) is 15.9. The minimum absolute atomic E-state index is 0.0918. The lowest BCUT2D eigenvalue weighted by atomic mass is 10.0. The second-order valence-corrected chi connectivity index (χ2v) is 8.25. The Hall–Kier alpha value is -1.03. The molecule has 0 radical (unpaired) electrons. The number of ether oxygens (including phenoxy) is 1. The average Bonchev–Trinajstić information content (AvgIpc) is 2.92. The Morgan fingerprint density at radius 3 is 2.82 bits per heavy atom. The van der Waals surface area contributed by atoms with Crippen LogP contribution in [0.2, 0.25) is 0 Å². The summed E-state index contributed by atoms with van der Waals surface area (Å²) in [6.07, 6.45) is 2.33. The Balaban J connectivity index is 1.75. The molecule has 0 unspecified atom stereocenters. The molecule has 2 aliphatic heterocycles. The Morgan fingerprint density at radius 2 is 2.14 bits per heavy atom. The molecule has 0 aliphatic carbocycles. The Kier molecular flexibility index (Phi) is 4.49. The fourth-order valence-corrected chi connectivity index (χ4v) is 4.81. The first-order chi connectivity index (χ1) is 10.5. The summed E-state index contributed by atoms with van der Waals surface area (Å²) in [6, 6.07) is -0.183. The summed E-state index contributed by atoms with van der Waals surface area (Å²) in [5.74, 6) is -0.0918. The van der Waals surface area contributed by atoms with Gasteiger partial charge in [-0.25, -0.2) is 13.4 Å². The molecule has 0 saturated carbocycles. The van der Waals surface area contributed by atoms with Crippen LogP contribution in [0.4, 0.5) is 0 Å². The number of carbonyl (C=O) groups excluding carboxylic acids is 1. The van der Waals surface area contributed by atoms with Crippen molar-refractivity contribution in [2.45, 2.75) is 25.0 Å². The van der Waals surface area contributed by atoms with Gasteiger partial charge < -0.3 is 9.64 Å². The van der Waals surface area contributed by atoms with Crippen molar-refractivity contribution in [2.24, 2.45) is 0 Å². The van der Waals surface area contributed by atoms with Gasteiger partial charge in [0.05, 0.1) is 30.5 Å². The van der Waals surface area contributed by atoms with Gasteiger partial charge in [-0.1, -0.05) is 0 Å². The Bertz CT molecular complexity index is 632. The van der Waals surface area contributed by atoms with Crippen LogP contribution in [0, 0.1) is 0 Å². The molecule has 0 aromatic carbocycles. The third kappa shape index (κ3) is 3.17. The molecular weight excluding hydrogens is 326 g/mol. The lowest BCUT2D eigenvalue weighted by molar-refractivity contribution is -0.0406. The highest BCUT2D eigenvalue weighted by Crippen LogP contribution is 2.26. The number of thiazole rings is 1. The highest BCUT2D eigenvalue weighted by molar-refractivity contribution is 7.88. The SMILES string of the molecule is CS(=O)(=O)N1CCO[C@@H]2CCN(C(=O)c3cscn3)CC[C@@H]21. The van der Waals surface area contributed by atoms with Gasteiger partial charge in [-0.05, 0) is 12.8 Å². The van der Waals surface area contributed by atoms with Crippen LogP contribution >= 0.6 is 11.3 Å². The van der Waals surface area contributed by atoms with Crippen LogP contribution < -0.4 is 0 Å². The summed E-state index contributed by atoms with van der Waals surface area (Å²) < 4.78 is 31.1. The molecule has 2 atom stereocenters. The molecule has 1 aromatic rings. The van der Waals surface area contributed by atoms with Crippen molar-refractivity contribution in [3.8, 4) is 0 Å². The number of amides is 1. The number of fused-ring (bicyclic) bond motifs is 1. The third-order valence-corrected chi connectivity index (χ3v) is 6.08. The van der Waals surface area contributed by atoms with Gasteiger partial charge in [0.2, 0.25) is 10.0 Å². The Morgan fingerprint density at radius 1 is 1.36 bits per heavy atom. The topological polar surface area (TPSA) is 79.8 Å². The molecule has 22 heavy (non-hydrogen) atoms. The fraction of sp³-hybridized carbons (Fsp3) is 0.692.